The Morgan fingerprint density at radius 3 is 1.97 bits per heavy atom. The first-order valence-corrected chi connectivity index (χ1v) is 11.3. The van der Waals surface area contributed by atoms with Gasteiger partial charge >= 0.3 is 0 Å². The van der Waals surface area contributed by atoms with E-state index in [1.165, 1.54) is 0 Å². The van der Waals surface area contributed by atoms with Gasteiger partial charge in [-0.3, -0.25) is 10.1 Å². The van der Waals surface area contributed by atoms with Gasteiger partial charge in [-0.15, -0.1) is 0 Å². The summed E-state index contributed by atoms with van der Waals surface area (Å²) in [5.74, 6) is -0.324. The lowest BCUT2D eigenvalue weighted by molar-refractivity contribution is 0.0973. The first kappa shape index (κ1) is 21.2. The number of benzene rings is 3. The van der Waals surface area contributed by atoms with Crippen molar-refractivity contribution in [2.45, 2.75) is 13.1 Å². The molecule has 0 atom stereocenters. The Bertz CT molecular complexity index is 1400. The molecule has 5 aromatic rings. The van der Waals surface area contributed by atoms with E-state index in [0.29, 0.717) is 28.8 Å². The van der Waals surface area contributed by atoms with Crippen molar-refractivity contribution in [3.8, 4) is 0 Å². The molecule has 0 fully saturated rings. The zero-order valence-electron chi connectivity index (χ0n) is 17.6. The maximum atomic E-state index is 12.9. The van der Waals surface area contributed by atoms with Gasteiger partial charge in [0.1, 0.15) is 0 Å². The molecule has 7 heteroatoms. The van der Waals surface area contributed by atoms with Gasteiger partial charge in [-0.2, -0.15) is 0 Å². The topological polar surface area (TPSA) is 63.9 Å². The van der Waals surface area contributed by atoms with Crippen LogP contribution in [0.2, 0.25) is 5.02 Å². The van der Waals surface area contributed by atoms with Gasteiger partial charge in [0.2, 0.25) is 0 Å². The Morgan fingerprint density at radius 2 is 1.39 bits per heavy atom. The number of nitrogens with zero attached hydrogens (tertiary/aromatic N) is 1. The molecule has 0 aliphatic rings. The Balaban J connectivity index is 1.47. The van der Waals surface area contributed by atoms with Gasteiger partial charge in [0.05, 0.1) is 10.6 Å². The van der Waals surface area contributed by atoms with Crippen LogP contribution < -0.4 is 5.32 Å². The van der Waals surface area contributed by atoms with Crippen LogP contribution in [0.3, 0.4) is 0 Å². The van der Waals surface area contributed by atoms with Gasteiger partial charge in [0.25, 0.3) is 5.91 Å². The monoisotopic (exact) mass is 472 g/mol. The molecule has 3 N–H and O–H groups in total. The Labute approximate surface area is 201 Å². The van der Waals surface area contributed by atoms with Crippen LogP contribution in [0.4, 0.5) is 0 Å². The highest BCUT2D eigenvalue weighted by molar-refractivity contribution is 7.80. The molecule has 0 radical (unpaired) electrons. The summed E-state index contributed by atoms with van der Waals surface area (Å²) < 4.78 is 0. The third-order valence-corrected chi connectivity index (χ3v) is 6.41. The van der Waals surface area contributed by atoms with Crippen LogP contribution in [-0.4, -0.2) is 25.9 Å². The molecule has 0 saturated carbocycles. The average molecular weight is 473 g/mol. The second kappa shape index (κ2) is 9.10. The molecule has 33 heavy (non-hydrogen) atoms. The minimum Gasteiger partial charge on any atom is -0.361 e. The zero-order valence-corrected chi connectivity index (χ0v) is 19.2. The molecule has 164 valence electrons. The van der Waals surface area contributed by atoms with Crippen LogP contribution in [0.1, 0.15) is 21.5 Å². The van der Waals surface area contributed by atoms with Gasteiger partial charge in [-0.1, -0.05) is 48.0 Å². The Kier molecular flexibility index (Phi) is 5.86. The van der Waals surface area contributed by atoms with Crippen molar-refractivity contribution in [1.82, 2.24) is 20.2 Å². The fraction of sp³-hybridized carbons (Fsp3) is 0.0769. The first-order chi connectivity index (χ1) is 16.1. The number of aromatic nitrogens is 2. The summed E-state index contributed by atoms with van der Waals surface area (Å²) in [7, 11) is 0. The molecule has 3 aromatic carbocycles. The Hall–Kier alpha value is -3.61. The van der Waals surface area contributed by atoms with Crippen molar-refractivity contribution >= 4 is 56.6 Å². The molecule has 0 aliphatic heterocycles. The van der Waals surface area contributed by atoms with Crippen molar-refractivity contribution in [2.75, 3.05) is 0 Å². The third kappa shape index (κ3) is 4.35. The molecule has 0 spiro atoms. The van der Waals surface area contributed by atoms with E-state index in [-0.39, 0.29) is 5.91 Å². The van der Waals surface area contributed by atoms with Gasteiger partial charge in [0, 0.05) is 47.3 Å². The lowest BCUT2D eigenvalue weighted by Gasteiger charge is -2.26. The van der Waals surface area contributed by atoms with Crippen molar-refractivity contribution in [3.05, 3.63) is 107 Å². The summed E-state index contributed by atoms with van der Waals surface area (Å²) in [6.07, 6.45) is 3.85. The number of carbonyl (C=O) groups is 1. The van der Waals surface area contributed by atoms with Crippen molar-refractivity contribution < 1.29 is 4.79 Å². The van der Waals surface area contributed by atoms with Gasteiger partial charge in [-0.05, 0) is 59.7 Å². The molecule has 1 amide bonds. The largest absolute Gasteiger partial charge is 0.361 e. The number of H-pyrrole nitrogens is 2. The number of hydrogen-bond acceptors (Lipinski definition) is 2. The van der Waals surface area contributed by atoms with Crippen LogP contribution >= 0.6 is 23.8 Å². The molecule has 5 nitrogen and oxygen atoms in total. The van der Waals surface area contributed by atoms with Crippen molar-refractivity contribution in [2.24, 2.45) is 0 Å². The van der Waals surface area contributed by atoms with Crippen LogP contribution in [0.25, 0.3) is 21.8 Å². The maximum Gasteiger partial charge on any atom is 0.258 e. The first-order valence-electron chi connectivity index (χ1n) is 10.5. The van der Waals surface area contributed by atoms with E-state index in [1.54, 1.807) is 24.3 Å². The molecular formula is C26H21ClN4OS. The van der Waals surface area contributed by atoms with E-state index in [0.717, 1.165) is 32.9 Å². The van der Waals surface area contributed by atoms with Gasteiger partial charge < -0.3 is 14.9 Å². The zero-order chi connectivity index (χ0) is 22.8. The smallest absolute Gasteiger partial charge is 0.258 e. The van der Waals surface area contributed by atoms with Crippen molar-refractivity contribution in [3.63, 3.8) is 0 Å². The fourth-order valence-corrected chi connectivity index (χ4v) is 4.52. The lowest BCUT2D eigenvalue weighted by Crippen LogP contribution is -2.42. The molecule has 0 bridgehead atoms. The summed E-state index contributed by atoms with van der Waals surface area (Å²) in [6.45, 7) is 1.08. The fourth-order valence-electron chi connectivity index (χ4n) is 4.08. The number of fused-ring (bicyclic) bond motifs is 2. The molecule has 5 rings (SSSR count). The third-order valence-electron chi connectivity index (χ3n) is 5.72. The highest BCUT2D eigenvalue weighted by Crippen LogP contribution is 2.23. The SMILES string of the molecule is O=C(NC(=S)N(Cc1cccc2[nH]ccc12)Cc1cccc2[nH]ccc12)c1ccccc1Cl. The van der Waals surface area contributed by atoms with Crippen LogP contribution in [0.5, 0.6) is 0 Å². The second-order valence-electron chi connectivity index (χ2n) is 7.81. The quantitative estimate of drug-likeness (QED) is 0.274. The minimum atomic E-state index is -0.324. The summed E-state index contributed by atoms with van der Waals surface area (Å²) in [4.78, 5) is 21.4. The van der Waals surface area contributed by atoms with Gasteiger partial charge in [-0.25, -0.2) is 0 Å². The lowest BCUT2D eigenvalue weighted by atomic mass is 10.1. The highest BCUT2D eigenvalue weighted by Gasteiger charge is 2.18. The number of nitrogens with one attached hydrogen (secondary N) is 3. The number of halogens is 1. The van der Waals surface area contributed by atoms with Crippen LogP contribution in [0.15, 0.2) is 85.2 Å². The van der Waals surface area contributed by atoms with E-state index >= 15 is 0 Å². The summed E-state index contributed by atoms with van der Waals surface area (Å²) >= 11 is 12.0. The molecule has 0 aliphatic carbocycles. The van der Waals surface area contributed by atoms with E-state index in [2.05, 4.69) is 39.6 Å². The summed E-state index contributed by atoms with van der Waals surface area (Å²) in [5.41, 5.74) is 4.74. The van der Waals surface area contributed by atoms with E-state index in [4.69, 9.17) is 23.8 Å². The predicted molar refractivity (Wildman–Crippen MR) is 137 cm³/mol. The van der Waals surface area contributed by atoms with Gasteiger partial charge in [0.15, 0.2) is 5.11 Å². The molecule has 2 aromatic heterocycles. The molecule has 2 heterocycles. The second-order valence-corrected chi connectivity index (χ2v) is 8.60. The number of carbonyl (C=O) groups excluding carboxylic acids is 1. The molecule has 0 saturated heterocycles. The average Bonchev–Trinajstić information content (AvgIpc) is 3.49. The number of aromatic amines is 2. The number of amides is 1. The maximum absolute atomic E-state index is 12.9. The van der Waals surface area contributed by atoms with Crippen LogP contribution in [0, 0.1) is 0 Å². The highest BCUT2D eigenvalue weighted by atomic mass is 35.5. The molecular weight excluding hydrogens is 452 g/mol. The molecule has 0 unspecified atom stereocenters. The number of thiocarbonyl (C=S) groups is 1. The standard InChI is InChI=1S/C26H21ClN4OS/c27-22-8-2-1-7-21(22)25(32)30-26(33)31(15-17-5-3-9-23-19(17)11-13-28-23)16-18-6-4-10-24-20(18)12-14-29-24/h1-14,28-29H,15-16H2,(H,30,32,33). The predicted octanol–water partition coefficient (Wildman–Crippen LogP) is 6.02. The minimum absolute atomic E-state index is 0.324. The van der Waals surface area contributed by atoms with Crippen LogP contribution in [-0.2, 0) is 13.1 Å². The van der Waals surface area contributed by atoms with E-state index in [9.17, 15) is 4.79 Å². The number of hydrogen-bond donors (Lipinski definition) is 3. The van der Waals surface area contributed by atoms with E-state index < -0.39 is 0 Å². The summed E-state index contributed by atoms with van der Waals surface area (Å²) in [5, 5.41) is 5.87. The number of rotatable bonds is 5. The Morgan fingerprint density at radius 1 is 0.818 bits per heavy atom. The normalized spacial score (nSPS) is 11.1. The van der Waals surface area contributed by atoms with E-state index in [1.807, 2.05) is 41.6 Å². The summed E-state index contributed by atoms with van der Waals surface area (Å²) in [6, 6.07) is 23.3. The van der Waals surface area contributed by atoms with Crippen molar-refractivity contribution in [1.29, 1.82) is 0 Å².